The Morgan fingerprint density at radius 2 is 2.08 bits per heavy atom. The van der Waals surface area contributed by atoms with E-state index in [-0.39, 0.29) is 23.2 Å². The third-order valence-electron chi connectivity index (χ3n) is 3.75. The van der Waals surface area contributed by atoms with Crippen LogP contribution in [0.2, 0.25) is 0 Å². The lowest BCUT2D eigenvalue weighted by Gasteiger charge is -2.23. The Hall–Kier alpha value is -2.21. The van der Waals surface area contributed by atoms with Crippen LogP contribution in [0.5, 0.6) is 0 Å². The van der Waals surface area contributed by atoms with E-state index in [1.807, 2.05) is 55.1 Å². The number of nitrogens with zero attached hydrogens (tertiary/aromatic N) is 1. The van der Waals surface area contributed by atoms with Crippen molar-refractivity contribution in [2.45, 2.75) is 31.8 Å². The fourth-order valence-corrected chi connectivity index (χ4v) is 3.80. The molecule has 0 bridgehead atoms. The normalized spacial score (nSPS) is 17.5. The van der Waals surface area contributed by atoms with Crippen molar-refractivity contribution in [3.8, 4) is 0 Å². The van der Waals surface area contributed by atoms with Crippen molar-refractivity contribution in [2.24, 2.45) is 0 Å². The van der Waals surface area contributed by atoms with E-state index < -0.39 is 0 Å². The largest absolute Gasteiger partial charge is 0.467 e. The first-order valence-electron chi connectivity index (χ1n) is 7.89. The zero-order chi connectivity index (χ0) is 17.1. The number of hydrogen-bond acceptors (Lipinski definition) is 4. The Bertz CT molecular complexity index is 710. The maximum atomic E-state index is 12.2. The van der Waals surface area contributed by atoms with Crippen molar-refractivity contribution in [1.29, 1.82) is 0 Å². The molecule has 0 spiro atoms. The van der Waals surface area contributed by atoms with Crippen molar-refractivity contribution < 1.29 is 14.0 Å². The topological polar surface area (TPSA) is 62.6 Å². The molecule has 0 aliphatic carbocycles. The van der Waals surface area contributed by atoms with Gasteiger partial charge in [0.25, 0.3) is 5.91 Å². The molecule has 1 aliphatic rings. The van der Waals surface area contributed by atoms with Gasteiger partial charge in [0.05, 0.1) is 18.6 Å². The maximum Gasteiger partial charge on any atom is 0.251 e. The van der Waals surface area contributed by atoms with Crippen LogP contribution in [0.15, 0.2) is 47.1 Å². The van der Waals surface area contributed by atoms with Crippen molar-refractivity contribution in [3.05, 3.63) is 59.5 Å². The molecule has 2 amide bonds. The van der Waals surface area contributed by atoms with Gasteiger partial charge in [-0.05, 0) is 43.7 Å². The lowest BCUT2D eigenvalue weighted by Crippen LogP contribution is -2.30. The molecule has 3 rings (SSSR count). The first kappa shape index (κ1) is 16.6. The summed E-state index contributed by atoms with van der Waals surface area (Å²) in [6.07, 6.45) is 1.61. The SMILES string of the molecule is CC(C)NC(=O)c1ccc(C2SCC(=O)N2Cc2ccco2)cc1. The molecule has 1 aliphatic heterocycles. The molecule has 1 saturated heterocycles. The van der Waals surface area contributed by atoms with E-state index in [1.54, 1.807) is 18.0 Å². The summed E-state index contributed by atoms with van der Waals surface area (Å²) in [5.41, 5.74) is 1.64. The van der Waals surface area contributed by atoms with Gasteiger partial charge in [0.1, 0.15) is 11.1 Å². The summed E-state index contributed by atoms with van der Waals surface area (Å²) in [7, 11) is 0. The smallest absolute Gasteiger partial charge is 0.251 e. The van der Waals surface area contributed by atoms with E-state index >= 15 is 0 Å². The van der Waals surface area contributed by atoms with E-state index in [1.165, 1.54) is 0 Å². The lowest BCUT2D eigenvalue weighted by atomic mass is 10.1. The molecule has 2 heterocycles. The van der Waals surface area contributed by atoms with E-state index in [0.29, 0.717) is 17.9 Å². The van der Waals surface area contributed by atoms with E-state index in [0.717, 1.165) is 11.3 Å². The lowest BCUT2D eigenvalue weighted by molar-refractivity contribution is -0.128. The number of amides is 2. The van der Waals surface area contributed by atoms with Gasteiger partial charge in [-0.25, -0.2) is 0 Å². The summed E-state index contributed by atoms with van der Waals surface area (Å²) in [4.78, 5) is 26.0. The zero-order valence-electron chi connectivity index (χ0n) is 13.7. The summed E-state index contributed by atoms with van der Waals surface area (Å²) < 4.78 is 5.36. The third kappa shape index (κ3) is 3.64. The Kier molecular flexibility index (Phi) is 4.94. The van der Waals surface area contributed by atoms with E-state index in [4.69, 9.17) is 4.42 Å². The summed E-state index contributed by atoms with van der Waals surface area (Å²) in [5.74, 6) is 1.24. The Morgan fingerprint density at radius 3 is 2.71 bits per heavy atom. The highest BCUT2D eigenvalue weighted by Gasteiger charge is 2.33. The molecular formula is C18H20N2O3S. The van der Waals surface area contributed by atoms with Crippen LogP contribution >= 0.6 is 11.8 Å². The molecule has 1 N–H and O–H groups in total. The quantitative estimate of drug-likeness (QED) is 0.905. The van der Waals surface area contributed by atoms with Gasteiger partial charge in [-0.1, -0.05) is 12.1 Å². The van der Waals surface area contributed by atoms with Crippen LogP contribution in [0, 0.1) is 0 Å². The van der Waals surface area contributed by atoms with Crippen LogP contribution in [-0.2, 0) is 11.3 Å². The van der Waals surface area contributed by atoms with Crippen LogP contribution in [0.1, 0.15) is 40.9 Å². The minimum Gasteiger partial charge on any atom is -0.467 e. The monoisotopic (exact) mass is 344 g/mol. The highest BCUT2D eigenvalue weighted by molar-refractivity contribution is 8.00. The minimum absolute atomic E-state index is 0.0511. The second kappa shape index (κ2) is 7.13. The minimum atomic E-state index is -0.0841. The fraction of sp³-hybridized carbons (Fsp3) is 0.333. The average Bonchev–Trinajstić information content (AvgIpc) is 3.18. The number of rotatable bonds is 5. The van der Waals surface area contributed by atoms with Crippen molar-refractivity contribution in [3.63, 3.8) is 0 Å². The van der Waals surface area contributed by atoms with Crippen LogP contribution in [0.4, 0.5) is 0 Å². The number of nitrogens with one attached hydrogen (secondary N) is 1. The molecule has 1 aromatic carbocycles. The molecule has 0 saturated carbocycles. The number of thioether (sulfide) groups is 1. The number of hydrogen-bond donors (Lipinski definition) is 1. The van der Waals surface area contributed by atoms with Gasteiger partial charge in [-0.3, -0.25) is 9.59 Å². The molecule has 126 valence electrons. The molecule has 1 unspecified atom stereocenters. The Balaban J connectivity index is 1.75. The highest BCUT2D eigenvalue weighted by atomic mass is 32.2. The molecule has 1 aromatic heterocycles. The third-order valence-corrected chi connectivity index (χ3v) is 5.01. The van der Waals surface area contributed by atoms with E-state index in [2.05, 4.69) is 5.32 Å². The van der Waals surface area contributed by atoms with Crippen molar-refractivity contribution in [1.82, 2.24) is 10.2 Å². The van der Waals surface area contributed by atoms with Crippen molar-refractivity contribution in [2.75, 3.05) is 5.75 Å². The van der Waals surface area contributed by atoms with Gasteiger partial charge in [-0.15, -0.1) is 11.8 Å². The van der Waals surface area contributed by atoms with Gasteiger partial charge in [0.15, 0.2) is 0 Å². The molecule has 1 atom stereocenters. The summed E-state index contributed by atoms with van der Waals surface area (Å²) in [5, 5.41) is 2.82. The average molecular weight is 344 g/mol. The fourth-order valence-electron chi connectivity index (χ4n) is 2.62. The molecule has 6 heteroatoms. The van der Waals surface area contributed by atoms with Crippen LogP contribution in [0.25, 0.3) is 0 Å². The van der Waals surface area contributed by atoms with Gasteiger partial charge >= 0.3 is 0 Å². The molecule has 5 nitrogen and oxygen atoms in total. The number of benzene rings is 1. The van der Waals surface area contributed by atoms with Gasteiger partial charge < -0.3 is 14.6 Å². The number of carbonyl (C=O) groups excluding carboxylic acids is 2. The first-order valence-corrected chi connectivity index (χ1v) is 8.94. The number of carbonyl (C=O) groups is 2. The molecule has 0 radical (unpaired) electrons. The van der Waals surface area contributed by atoms with Crippen molar-refractivity contribution >= 4 is 23.6 Å². The van der Waals surface area contributed by atoms with Crippen LogP contribution in [0.3, 0.4) is 0 Å². The standard InChI is InChI=1S/C18H20N2O3S/c1-12(2)19-17(22)13-5-7-14(8-6-13)18-20(16(21)11-24-18)10-15-4-3-9-23-15/h3-9,12,18H,10-11H2,1-2H3,(H,19,22). The zero-order valence-corrected chi connectivity index (χ0v) is 14.5. The van der Waals surface area contributed by atoms with E-state index in [9.17, 15) is 9.59 Å². The molecule has 1 fully saturated rings. The van der Waals surface area contributed by atoms with Gasteiger partial charge in [0, 0.05) is 11.6 Å². The Morgan fingerprint density at radius 1 is 1.33 bits per heavy atom. The molecular weight excluding hydrogens is 324 g/mol. The number of furan rings is 1. The molecule has 24 heavy (non-hydrogen) atoms. The Labute approximate surface area is 145 Å². The summed E-state index contributed by atoms with van der Waals surface area (Å²) in [6, 6.07) is 11.2. The molecule has 2 aromatic rings. The van der Waals surface area contributed by atoms with Gasteiger partial charge in [0.2, 0.25) is 5.91 Å². The van der Waals surface area contributed by atoms with Gasteiger partial charge in [-0.2, -0.15) is 0 Å². The summed E-state index contributed by atoms with van der Waals surface area (Å²) >= 11 is 1.59. The highest BCUT2D eigenvalue weighted by Crippen LogP contribution is 2.39. The second-order valence-electron chi connectivity index (χ2n) is 6.01. The van der Waals surface area contributed by atoms with Crippen LogP contribution in [-0.4, -0.2) is 28.5 Å². The predicted molar refractivity (Wildman–Crippen MR) is 93.5 cm³/mol. The predicted octanol–water partition coefficient (Wildman–Crippen LogP) is 3.19. The maximum absolute atomic E-state index is 12.2. The second-order valence-corrected chi connectivity index (χ2v) is 7.08. The van der Waals surface area contributed by atoms with Crippen LogP contribution < -0.4 is 5.32 Å². The first-order chi connectivity index (χ1) is 11.5. The summed E-state index contributed by atoms with van der Waals surface area (Å²) in [6.45, 7) is 4.32.